The molecule has 0 heterocycles. The van der Waals surface area contributed by atoms with Gasteiger partial charge in [0, 0.05) is 6.61 Å². The summed E-state index contributed by atoms with van der Waals surface area (Å²) < 4.78 is 0. The monoisotopic (exact) mass is 331 g/mol. The molecular weight excluding hydrogens is 310 g/mol. The second kappa shape index (κ2) is 17.2. The highest BCUT2D eigenvalue weighted by Crippen LogP contribution is 1.83. The first-order valence-electron chi connectivity index (χ1n) is 5.59. The van der Waals surface area contributed by atoms with Crippen LogP contribution in [0.4, 0.5) is 0 Å². The first-order chi connectivity index (χ1) is 10.2. The van der Waals surface area contributed by atoms with Crippen LogP contribution in [0.15, 0.2) is 0 Å². The van der Waals surface area contributed by atoms with Crippen LogP contribution >= 0.6 is 0 Å². The molecule has 0 amide bonds. The lowest BCUT2D eigenvalue weighted by molar-refractivity contribution is -0.144. The third-order valence-electron chi connectivity index (χ3n) is 1.62. The largest absolute Gasteiger partial charge is 0.480 e. The van der Waals surface area contributed by atoms with E-state index in [1.54, 1.807) is 0 Å². The van der Waals surface area contributed by atoms with Crippen LogP contribution in [0.2, 0.25) is 0 Å². The Hall–Kier alpha value is -1.87. The molecule has 11 N–H and O–H groups in total. The van der Waals surface area contributed by atoms with Crippen molar-refractivity contribution in [2.75, 3.05) is 19.8 Å². The van der Waals surface area contributed by atoms with E-state index >= 15 is 0 Å². The van der Waals surface area contributed by atoms with E-state index in [-0.39, 0.29) is 13.0 Å². The minimum Gasteiger partial charge on any atom is -0.480 e. The van der Waals surface area contributed by atoms with Gasteiger partial charge in [-0.15, -0.1) is 0 Å². The molecule has 2 atom stereocenters. The van der Waals surface area contributed by atoms with E-state index < -0.39 is 43.1 Å². The number of hydrogen-bond acceptors (Lipinski definition) is 10. The van der Waals surface area contributed by atoms with Gasteiger partial charge >= 0.3 is 17.9 Å². The van der Waals surface area contributed by atoms with Crippen LogP contribution in [0.3, 0.4) is 0 Å². The maximum Gasteiger partial charge on any atom is 0.325 e. The third kappa shape index (κ3) is 20.4. The number of aliphatic hydroxyl groups excluding tert-OH is 2. The number of aliphatic hydroxyl groups is 2. The topological polar surface area (TPSA) is 243 Å². The van der Waals surface area contributed by atoms with Crippen LogP contribution in [0.1, 0.15) is 6.42 Å². The van der Waals surface area contributed by atoms with Gasteiger partial charge in [0.15, 0.2) is 6.04 Å². The number of carbonyl (C=O) groups is 3. The Labute approximate surface area is 124 Å². The molecule has 0 rings (SSSR count). The summed E-state index contributed by atoms with van der Waals surface area (Å²) in [7, 11) is 0. The standard InChI is InChI=1S/C4H9NO3.C3H7NO4.C2H5NO3/c5-3(1-2-6)4(7)8;5-1-2(4-8)3(6)7;4-2(5)1-3-6/h3,6H,1-2,5H2,(H,7,8);2,4-5,8H,1H2,(H,6,7);3,6H,1H2,(H,4,5). The smallest absolute Gasteiger partial charge is 0.325 e. The van der Waals surface area contributed by atoms with Gasteiger partial charge in [-0.25, -0.2) is 0 Å². The number of aliphatic carboxylic acids is 3. The van der Waals surface area contributed by atoms with Crippen molar-refractivity contribution in [1.29, 1.82) is 0 Å². The fraction of sp³-hybridized carbons (Fsp3) is 0.667. The number of carboxylic acid groups (broad SMARTS) is 3. The highest BCUT2D eigenvalue weighted by atomic mass is 16.5. The number of rotatable bonds is 8. The van der Waals surface area contributed by atoms with Gasteiger partial charge in [0.2, 0.25) is 0 Å². The van der Waals surface area contributed by atoms with Crippen molar-refractivity contribution in [1.82, 2.24) is 11.0 Å². The second-order valence-electron chi connectivity index (χ2n) is 3.39. The average molecular weight is 331 g/mol. The molecule has 0 saturated carbocycles. The molecule has 0 fully saturated rings. The molecular formula is C9H21N3O10. The summed E-state index contributed by atoms with van der Waals surface area (Å²) in [5.74, 6) is -3.42. The predicted molar refractivity (Wildman–Crippen MR) is 68.2 cm³/mol. The Morgan fingerprint density at radius 2 is 1.50 bits per heavy atom. The zero-order chi connectivity index (χ0) is 18.1. The Morgan fingerprint density at radius 3 is 1.55 bits per heavy atom. The van der Waals surface area contributed by atoms with Gasteiger partial charge in [0.1, 0.15) is 12.6 Å². The zero-order valence-electron chi connectivity index (χ0n) is 11.4. The normalized spacial score (nSPS) is 11.9. The van der Waals surface area contributed by atoms with E-state index in [1.807, 2.05) is 0 Å². The van der Waals surface area contributed by atoms with Crippen LogP contribution in [0.5, 0.6) is 0 Å². The van der Waals surface area contributed by atoms with Gasteiger partial charge in [-0.2, -0.15) is 11.0 Å². The van der Waals surface area contributed by atoms with Crippen LogP contribution in [0.25, 0.3) is 0 Å². The maximum absolute atomic E-state index is 9.85. The van der Waals surface area contributed by atoms with Crippen LogP contribution in [0, 0.1) is 0 Å². The predicted octanol–water partition coefficient (Wildman–Crippen LogP) is -3.76. The Balaban J connectivity index is -0.000000249. The number of hydroxylamine groups is 2. The summed E-state index contributed by atoms with van der Waals surface area (Å²) in [5, 5.41) is 55.5. The van der Waals surface area contributed by atoms with Gasteiger partial charge < -0.3 is 41.7 Å². The number of nitrogens with one attached hydrogen (secondary N) is 2. The molecule has 0 spiro atoms. The van der Waals surface area contributed by atoms with E-state index in [2.05, 4.69) is 0 Å². The lowest BCUT2D eigenvalue weighted by atomic mass is 10.2. The van der Waals surface area contributed by atoms with E-state index in [0.717, 1.165) is 0 Å². The molecule has 0 radical (unpaired) electrons. The highest BCUT2D eigenvalue weighted by molar-refractivity contribution is 5.73. The summed E-state index contributed by atoms with van der Waals surface area (Å²) in [6, 6.07) is -2.19. The van der Waals surface area contributed by atoms with Gasteiger partial charge in [0.05, 0.1) is 6.61 Å². The Bertz CT molecular complexity index is 310. The quantitative estimate of drug-likeness (QED) is 0.192. The van der Waals surface area contributed by atoms with Crippen LogP contribution < -0.4 is 16.7 Å². The SMILES string of the molecule is NC(CCO)C(=O)O.O=C(O)C(CO)NO.O=C(O)CNO. The molecule has 0 aliphatic rings. The lowest BCUT2D eigenvalue weighted by Gasteiger charge is -2.02. The molecule has 132 valence electrons. The summed E-state index contributed by atoms with van der Waals surface area (Å²) in [6.07, 6.45) is 0.120. The summed E-state index contributed by atoms with van der Waals surface area (Å²) in [4.78, 5) is 29.0. The highest BCUT2D eigenvalue weighted by Gasteiger charge is 2.12. The van der Waals surface area contributed by atoms with E-state index in [1.165, 1.54) is 11.0 Å². The molecule has 13 nitrogen and oxygen atoms in total. The molecule has 0 bridgehead atoms. The fourth-order valence-electron chi connectivity index (χ4n) is 0.504. The van der Waals surface area contributed by atoms with Crippen molar-refractivity contribution < 1.29 is 50.3 Å². The molecule has 0 aliphatic carbocycles. The van der Waals surface area contributed by atoms with Gasteiger partial charge in [-0.05, 0) is 6.42 Å². The lowest BCUT2D eigenvalue weighted by Crippen LogP contribution is -2.37. The molecule has 22 heavy (non-hydrogen) atoms. The van der Waals surface area contributed by atoms with Crippen molar-refractivity contribution >= 4 is 17.9 Å². The molecule has 0 aromatic carbocycles. The van der Waals surface area contributed by atoms with E-state index in [9.17, 15) is 14.4 Å². The fourth-order valence-corrected chi connectivity index (χ4v) is 0.504. The van der Waals surface area contributed by atoms with Crippen molar-refractivity contribution in [2.45, 2.75) is 18.5 Å². The van der Waals surface area contributed by atoms with Crippen molar-refractivity contribution in [3.05, 3.63) is 0 Å². The van der Waals surface area contributed by atoms with Crippen molar-refractivity contribution in [3.63, 3.8) is 0 Å². The molecule has 2 unspecified atom stereocenters. The zero-order valence-corrected chi connectivity index (χ0v) is 11.4. The molecule has 0 saturated heterocycles. The summed E-state index contributed by atoms with van der Waals surface area (Å²) in [6.45, 7) is -1.20. The number of nitrogens with two attached hydrogens (primary N) is 1. The molecule has 0 aliphatic heterocycles. The van der Waals surface area contributed by atoms with Crippen molar-refractivity contribution in [3.8, 4) is 0 Å². The number of hydrogen-bond donors (Lipinski definition) is 10. The van der Waals surface area contributed by atoms with Gasteiger partial charge in [-0.1, -0.05) is 0 Å². The minimum absolute atomic E-state index is 0.120. The number of carboxylic acids is 3. The summed E-state index contributed by atoms with van der Waals surface area (Å²) >= 11 is 0. The first kappa shape index (κ1) is 25.1. The van der Waals surface area contributed by atoms with Gasteiger partial charge in [0.25, 0.3) is 0 Å². The summed E-state index contributed by atoms with van der Waals surface area (Å²) in [5.41, 5.74) is 7.84. The third-order valence-corrected chi connectivity index (χ3v) is 1.62. The van der Waals surface area contributed by atoms with E-state index in [4.69, 9.17) is 41.7 Å². The van der Waals surface area contributed by atoms with Crippen LogP contribution in [-0.4, -0.2) is 85.7 Å². The molecule has 0 aromatic rings. The molecule has 0 aromatic heterocycles. The maximum atomic E-state index is 9.85. The van der Waals surface area contributed by atoms with Gasteiger partial charge in [-0.3, -0.25) is 14.4 Å². The Morgan fingerprint density at radius 1 is 1.00 bits per heavy atom. The first-order valence-corrected chi connectivity index (χ1v) is 5.59. The average Bonchev–Trinajstić information content (AvgIpc) is 2.41. The second-order valence-corrected chi connectivity index (χ2v) is 3.39. The van der Waals surface area contributed by atoms with E-state index in [0.29, 0.717) is 0 Å². The Kier molecular flexibility index (Phi) is 19.6. The van der Waals surface area contributed by atoms with Crippen molar-refractivity contribution in [2.24, 2.45) is 5.73 Å². The minimum atomic E-state index is -1.28. The molecule has 13 heteroatoms. The van der Waals surface area contributed by atoms with Crippen LogP contribution in [-0.2, 0) is 14.4 Å².